The van der Waals surface area contributed by atoms with Crippen LogP contribution in [0.3, 0.4) is 0 Å². The van der Waals surface area contributed by atoms with Crippen molar-refractivity contribution in [3.63, 3.8) is 0 Å². The first-order valence-electron chi connectivity index (χ1n) is 7.02. The predicted octanol–water partition coefficient (Wildman–Crippen LogP) is 1.67. The van der Waals surface area contributed by atoms with Gasteiger partial charge >= 0.3 is 6.03 Å². The highest BCUT2D eigenvalue weighted by Crippen LogP contribution is 2.32. The molecule has 0 bridgehead atoms. The Hall–Kier alpha value is -2.04. The number of hydrogen-bond donors (Lipinski definition) is 2. The first-order chi connectivity index (χ1) is 9.68. The molecule has 0 saturated carbocycles. The van der Waals surface area contributed by atoms with Crippen LogP contribution in [0.1, 0.15) is 31.4 Å². The first kappa shape index (κ1) is 14.4. The average Bonchev–Trinajstić information content (AvgIpc) is 2.38. The Morgan fingerprint density at radius 2 is 1.90 bits per heavy atom. The molecule has 1 unspecified atom stereocenters. The largest absolute Gasteiger partial charge is 0.356 e. The highest BCUT2D eigenvalue weighted by molar-refractivity contribution is 5.75. The Morgan fingerprint density at radius 3 is 2.50 bits per heavy atom. The molecule has 2 N–H and O–H groups in total. The van der Waals surface area contributed by atoms with Gasteiger partial charge in [0.1, 0.15) is 0 Å². The van der Waals surface area contributed by atoms with E-state index in [4.69, 9.17) is 0 Å². The van der Waals surface area contributed by atoms with Gasteiger partial charge in [0.25, 0.3) is 0 Å². The van der Waals surface area contributed by atoms with E-state index in [1.54, 1.807) is 0 Å². The number of urea groups is 1. The number of carbonyl (C=O) groups excluding carboxylic acids is 2. The summed E-state index contributed by atoms with van der Waals surface area (Å²) in [7, 11) is 0. The van der Waals surface area contributed by atoms with E-state index in [2.05, 4.69) is 22.8 Å². The van der Waals surface area contributed by atoms with E-state index in [-0.39, 0.29) is 18.0 Å². The number of nitrogens with one attached hydrogen (secondary N) is 2. The van der Waals surface area contributed by atoms with Gasteiger partial charge in [-0.2, -0.15) is 0 Å². The van der Waals surface area contributed by atoms with E-state index in [1.807, 2.05) is 23.1 Å². The lowest BCUT2D eigenvalue weighted by molar-refractivity contribution is -0.118. The van der Waals surface area contributed by atoms with Gasteiger partial charge in [-0.15, -0.1) is 0 Å². The summed E-state index contributed by atoms with van der Waals surface area (Å²) in [6.45, 7) is 3.47. The highest BCUT2D eigenvalue weighted by atomic mass is 16.2. The number of hydrogen-bond acceptors (Lipinski definition) is 2. The lowest BCUT2D eigenvalue weighted by atomic mass is 9.95. The molecule has 0 spiro atoms. The minimum atomic E-state index is -0.0387. The third kappa shape index (κ3) is 3.73. The minimum absolute atomic E-state index is 0.0204. The number of likely N-dealkylation sites (tertiary alicyclic amines) is 1. The molecular formula is C15H21N3O2. The first-order valence-corrected chi connectivity index (χ1v) is 7.02. The monoisotopic (exact) mass is 275 g/mol. The normalized spacial score (nSPS) is 17.2. The molecule has 0 aromatic heterocycles. The SMILES string of the molecule is CC(=O)NCCCNC(=O)N1CCC1c1ccccc1. The van der Waals surface area contributed by atoms with Crippen LogP contribution < -0.4 is 10.6 Å². The lowest BCUT2D eigenvalue weighted by Crippen LogP contribution is -2.50. The van der Waals surface area contributed by atoms with Crippen LogP contribution in [0.15, 0.2) is 30.3 Å². The molecule has 2 rings (SSSR count). The summed E-state index contributed by atoms with van der Waals surface area (Å²) < 4.78 is 0. The topological polar surface area (TPSA) is 61.4 Å². The number of benzene rings is 1. The van der Waals surface area contributed by atoms with Crippen molar-refractivity contribution in [1.82, 2.24) is 15.5 Å². The molecule has 1 aliphatic rings. The standard InChI is InChI=1S/C15H21N3O2/c1-12(19)16-9-5-10-17-15(20)18-11-8-14(18)13-6-3-2-4-7-13/h2-4,6-7,14H,5,8-11H2,1H3,(H,16,19)(H,17,20). The molecule has 0 radical (unpaired) electrons. The molecule has 20 heavy (non-hydrogen) atoms. The van der Waals surface area contributed by atoms with E-state index in [0.29, 0.717) is 13.1 Å². The maximum Gasteiger partial charge on any atom is 0.317 e. The second-order valence-corrected chi connectivity index (χ2v) is 4.98. The van der Waals surface area contributed by atoms with Gasteiger partial charge in [0.15, 0.2) is 0 Å². The van der Waals surface area contributed by atoms with Gasteiger partial charge in [0.05, 0.1) is 6.04 Å². The zero-order valence-electron chi connectivity index (χ0n) is 11.8. The molecule has 1 fully saturated rings. The summed E-state index contributed by atoms with van der Waals surface area (Å²) in [5, 5.41) is 5.60. The van der Waals surface area contributed by atoms with Crippen LogP contribution in [-0.4, -0.2) is 36.5 Å². The number of rotatable bonds is 5. The molecule has 0 aliphatic carbocycles. The summed E-state index contributed by atoms with van der Waals surface area (Å²) in [5.41, 5.74) is 1.19. The zero-order valence-corrected chi connectivity index (χ0v) is 11.8. The van der Waals surface area contributed by atoms with Crippen LogP contribution in [0.4, 0.5) is 4.79 Å². The Morgan fingerprint density at radius 1 is 1.20 bits per heavy atom. The van der Waals surface area contributed by atoms with Gasteiger partial charge in [0, 0.05) is 26.6 Å². The van der Waals surface area contributed by atoms with Gasteiger partial charge in [0.2, 0.25) is 5.91 Å². The van der Waals surface area contributed by atoms with Crippen molar-refractivity contribution in [3.8, 4) is 0 Å². The highest BCUT2D eigenvalue weighted by Gasteiger charge is 2.32. The molecule has 1 atom stereocenters. The molecule has 1 aliphatic heterocycles. The van der Waals surface area contributed by atoms with Crippen LogP contribution in [0.2, 0.25) is 0 Å². The van der Waals surface area contributed by atoms with Gasteiger partial charge < -0.3 is 15.5 Å². The van der Waals surface area contributed by atoms with Gasteiger partial charge in [-0.05, 0) is 18.4 Å². The molecule has 1 heterocycles. The molecule has 1 saturated heterocycles. The van der Waals surface area contributed by atoms with E-state index in [9.17, 15) is 9.59 Å². The van der Waals surface area contributed by atoms with Crippen LogP contribution >= 0.6 is 0 Å². The second-order valence-electron chi connectivity index (χ2n) is 4.98. The van der Waals surface area contributed by atoms with Crippen LogP contribution in [0, 0.1) is 0 Å². The molecule has 108 valence electrons. The quantitative estimate of drug-likeness (QED) is 0.803. The fourth-order valence-electron chi connectivity index (χ4n) is 2.30. The van der Waals surface area contributed by atoms with Crippen molar-refractivity contribution in [2.24, 2.45) is 0 Å². The van der Waals surface area contributed by atoms with E-state index >= 15 is 0 Å². The third-order valence-electron chi connectivity index (χ3n) is 3.47. The smallest absolute Gasteiger partial charge is 0.317 e. The lowest BCUT2D eigenvalue weighted by Gasteiger charge is -2.41. The average molecular weight is 275 g/mol. The Kier molecular flexibility index (Phi) is 4.98. The molecule has 1 aromatic carbocycles. The predicted molar refractivity (Wildman–Crippen MR) is 77.2 cm³/mol. The fourth-order valence-corrected chi connectivity index (χ4v) is 2.30. The summed E-state index contributed by atoms with van der Waals surface area (Å²) in [6, 6.07) is 10.3. The maximum absolute atomic E-state index is 12.0. The van der Waals surface area contributed by atoms with Crippen LogP contribution in [0.25, 0.3) is 0 Å². The summed E-state index contributed by atoms with van der Waals surface area (Å²) in [4.78, 5) is 24.6. The van der Waals surface area contributed by atoms with Crippen LogP contribution in [0.5, 0.6) is 0 Å². The van der Waals surface area contributed by atoms with Crippen molar-refractivity contribution in [1.29, 1.82) is 0 Å². The van der Waals surface area contributed by atoms with E-state index in [0.717, 1.165) is 19.4 Å². The molecular weight excluding hydrogens is 254 g/mol. The summed E-state index contributed by atoms with van der Waals surface area (Å²) in [6.07, 6.45) is 1.76. The number of nitrogens with zero attached hydrogens (tertiary/aromatic N) is 1. The zero-order chi connectivity index (χ0) is 14.4. The van der Waals surface area contributed by atoms with E-state index in [1.165, 1.54) is 12.5 Å². The fraction of sp³-hybridized carbons (Fsp3) is 0.467. The van der Waals surface area contributed by atoms with Gasteiger partial charge in [-0.25, -0.2) is 4.79 Å². The third-order valence-corrected chi connectivity index (χ3v) is 3.47. The van der Waals surface area contributed by atoms with Crippen molar-refractivity contribution in [2.75, 3.05) is 19.6 Å². The number of carbonyl (C=O) groups is 2. The Labute approximate surface area is 119 Å². The Bertz CT molecular complexity index is 461. The van der Waals surface area contributed by atoms with Crippen LogP contribution in [-0.2, 0) is 4.79 Å². The van der Waals surface area contributed by atoms with Crippen molar-refractivity contribution in [3.05, 3.63) is 35.9 Å². The second kappa shape index (κ2) is 6.93. The molecule has 1 aromatic rings. The van der Waals surface area contributed by atoms with Gasteiger partial charge in [-0.3, -0.25) is 4.79 Å². The summed E-state index contributed by atoms with van der Waals surface area (Å²) in [5.74, 6) is -0.0387. The maximum atomic E-state index is 12.0. The van der Waals surface area contributed by atoms with Crippen molar-refractivity contribution in [2.45, 2.75) is 25.8 Å². The molecule has 5 heteroatoms. The van der Waals surface area contributed by atoms with Crippen molar-refractivity contribution >= 4 is 11.9 Å². The van der Waals surface area contributed by atoms with Crippen molar-refractivity contribution < 1.29 is 9.59 Å². The van der Waals surface area contributed by atoms with E-state index < -0.39 is 0 Å². The minimum Gasteiger partial charge on any atom is -0.356 e. The Balaban J connectivity index is 1.72. The molecule has 3 amide bonds. The summed E-state index contributed by atoms with van der Waals surface area (Å²) >= 11 is 0. The molecule has 5 nitrogen and oxygen atoms in total. The van der Waals surface area contributed by atoms with Gasteiger partial charge in [-0.1, -0.05) is 30.3 Å². The number of amides is 3.